The molecule has 0 spiro atoms. The number of carbonyl (C=O) groups is 1. The summed E-state index contributed by atoms with van der Waals surface area (Å²) in [6.07, 6.45) is 7.81. The maximum absolute atomic E-state index is 14.5. The van der Waals surface area contributed by atoms with Crippen molar-refractivity contribution in [3.63, 3.8) is 0 Å². The number of imidazole rings is 1. The molecule has 0 saturated carbocycles. The minimum atomic E-state index is -0.472. The van der Waals surface area contributed by atoms with E-state index in [1.807, 2.05) is 0 Å². The molecule has 1 unspecified atom stereocenters. The van der Waals surface area contributed by atoms with Crippen LogP contribution in [0.2, 0.25) is 5.02 Å². The van der Waals surface area contributed by atoms with Gasteiger partial charge in [-0.05, 0) is 24.3 Å². The van der Waals surface area contributed by atoms with Crippen molar-refractivity contribution >= 4 is 34.8 Å². The van der Waals surface area contributed by atoms with Crippen molar-refractivity contribution in [1.29, 1.82) is 0 Å². The number of allylic oxidation sites excluding steroid dienone is 1. The molecule has 0 bridgehead atoms. The zero-order valence-electron chi connectivity index (χ0n) is 12.2. The van der Waals surface area contributed by atoms with Crippen molar-refractivity contribution in [3.05, 3.63) is 65.5 Å². The molecule has 3 heterocycles. The first-order chi connectivity index (χ1) is 11.6. The zero-order valence-corrected chi connectivity index (χ0v) is 13.0. The molecule has 0 N–H and O–H groups in total. The normalized spacial score (nSPS) is 16.9. The fraction of sp³-hybridized carbons (Fsp3) is 0.0588. The number of halogens is 2. The molecule has 1 aliphatic rings. The Kier molecular flexibility index (Phi) is 3.46. The molecule has 0 saturated heterocycles. The van der Waals surface area contributed by atoms with Gasteiger partial charge < -0.3 is 0 Å². The van der Waals surface area contributed by atoms with Gasteiger partial charge in [-0.1, -0.05) is 17.7 Å². The van der Waals surface area contributed by atoms with Crippen LogP contribution in [0.15, 0.2) is 53.8 Å². The van der Waals surface area contributed by atoms with Crippen LogP contribution in [0, 0.1) is 5.82 Å². The van der Waals surface area contributed by atoms with Gasteiger partial charge in [-0.25, -0.2) is 14.4 Å². The monoisotopic (exact) mass is 340 g/mol. The Morgan fingerprint density at radius 3 is 2.88 bits per heavy atom. The minimum Gasteiger partial charge on any atom is -0.291 e. The van der Waals surface area contributed by atoms with Crippen molar-refractivity contribution < 1.29 is 9.18 Å². The second-order valence-electron chi connectivity index (χ2n) is 5.27. The number of fused-ring (bicyclic) bond motifs is 1. The van der Waals surface area contributed by atoms with E-state index in [0.29, 0.717) is 27.6 Å². The predicted molar refractivity (Wildman–Crippen MR) is 89.2 cm³/mol. The fourth-order valence-electron chi connectivity index (χ4n) is 2.67. The van der Waals surface area contributed by atoms with Gasteiger partial charge in [0, 0.05) is 23.5 Å². The number of nitrogens with zero attached hydrogens (tertiary/aromatic N) is 4. The Morgan fingerprint density at radius 2 is 2.12 bits per heavy atom. The second kappa shape index (κ2) is 5.65. The summed E-state index contributed by atoms with van der Waals surface area (Å²) in [7, 11) is 0. The van der Waals surface area contributed by atoms with E-state index in [0.717, 1.165) is 0 Å². The van der Waals surface area contributed by atoms with Gasteiger partial charge in [-0.3, -0.25) is 14.3 Å². The van der Waals surface area contributed by atoms with Crippen molar-refractivity contribution in [2.75, 3.05) is 0 Å². The van der Waals surface area contributed by atoms with Crippen LogP contribution in [0.5, 0.6) is 0 Å². The molecule has 3 aromatic rings. The zero-order chi connectivity index (χ0) is 16.7. The van der Waals surface area contributed by atoms with Crippen LogP contribution in [0.25, 0.3) is 16.7 Å². The molecule has 118 valence electrons. The number of pyridine rings is 1. The Morgan fingerprint density at radius 1 is 1.25 bits per heavy atom. The lowest BCUT2D eigenvalue weighted by Gasteiger charge is -2.14. The Labute approximate surface area is 141 Å². The first-order valence-corrected chi connectivity index (χ1v) is 7.55. The number of aliphatic imine (C=N–C) groups is 1. The molecule has 0 aliphatic carbocycles. The van der Waals surface area contributed by atoms with Gasteiger partial charge in [0.25, 0.3) is 5.91 Å². The number of hydrogen-bond acceptors (Lipinski definition) is 3. The van der Waals surface area contributed by atoms with E-state index in [4.69, 9.17) is 11.6 Å². The van der Waals surface area contributed by atoms with Gasteiger partial charge in [0.15, 0.2) is 0 Å². The van der Waals surface area contributed by atoms with Crippen molar-refractivity contribution in [2.45, 2.75) is 5.92 Å². The average Bonchev–Trinajstić information content (AvgIpc) is 2.95. The predicted octanol–water partition coefficient (Wildman–Crippen LogP) is 3.46. The van der Waals surface area contributed by atoms with Gasteiger partial charge in [0.1, 0.15) is 11.6 Å². The van der Waals surface area contributed by atoms with Gasteiger partial charge in [-0.15, -0.1) is 0 Å². The molecule has 4 rings (SSSR count). The summed E-state index contributed by atoms with van der Waals surface area (Å²) in [6.45, 7) is 0. The van der Waals surface area contributed by atoms with Crippen LogP contribution in [-0.2, 0) is 4.79 Å². The third kappa shape index (κ3) is 2.41. The molecule has 5 nitrogen and oxygen atoms in total. The van der Waals surface area contributed by atoms with Gasteiger partial charge in [0.2, 0.25) is 0 Å². The fourth-order valence-corrected chi connectivity index (χ4v) is 2.83. The molecule has 1 amide bonds. The quantitative estimate of drug-likeness (QED) is 0.717. The molecule has 0 radical (unpaired) electrons. The van der Waals surface area contributed by atoms with E-state index in [1.54, 1.807) is 41.2 Å². The summed E-state index contributed by atoms with van der Waals surface area (Å²) in [5.74, 6) is -0.593. The number of aromatic nitrogens is 3. The lowest BCUT2D eigenvalue weighted by atomic mass is 10.1. The maximum Gasteiger partial charge on any atom is 0.269 e. The number of rotatable bonds is 2. The number of benzene rings is 1. The summed E-state index contributed by atoms with van der Waals surface area (Å²) in [6, 6.07) is 6.19. The molecule has 1 aromatic carbocycles. The summed E-state index contributed by atoms with van der Waals surface area (Å²) in [5.41, 5.74) is 1.64. The van der Waals surface area contributed by atoms with E-state index in [-0.39, 0.29) is 11.8 Å². The number of carbonyl (C=O) groups excluding carboxylic acids is 1. The highest BCUT2D eigenvalue weighted by atomic mass is 35.5. The lowest BCUT2D eigenvalue weighted by molar-refractivity contribution is -0.113. The van der Waals surface area contributed by atoms with Gasteiger partial charge in [-0.2, -0.15) is 0 Å². The third-order valence-electron chi connectivity index (χ3n) is 3.74. The Bertz CT molecular complexity index is 1010. The van der Waals surface area contributed by atoms with E-state index < -0.39 is 5.82 Å². The average molecular weight is 341 g/mol. The SMILES string of the molecule is O=C1C=CC(c2nc3ccncc3n2-c2ccc(Cl)cc2F)C=N1. The molecule has 2 aromatic heterocycles. The number of amides is 1. The summed E-state index contributed by atoms with van der Waals surface area (Å²) < 4.78 is 16.2. The van der Waals surface area contributed by atoms with Crippen molar-refractivity contribution in [2.24, 2.45) is 4.99 Å². The van der Waals surface area contributed by atoms with Gasteiger partial charge >= 0.3 is 0 Å². The summed E-state index contributed by atoms with van der Waals surface area (Å²) in [5, 5.41) is 0.310. The lowest BCUT2D eigenvalue weighted by Crippen LogP contribution is -2.12. The Balaban J connectivity index is 1.99. The number of dihydropyridines is 1. The Hall–Kier alpha value is -2.86. The van der Waals surface area contributed by atoms with Crippen LogP contribution >= 0.6 is 11.6 Å². The molecule has 7 heteroatoms. The standard InChI is InChI=1S/C17H10ClFN4O/c18-11-2-3-14(12(19)7-11)23-15-9-20-6-5-13(15)22-17(23)10-1-4-16(24)21-8-10/h1-10H. The van der Waals surface area contributed by atoms with E-state index in [1.165, 1.54) is 18.4 Å². The highest BCUT2D eigenvalue weighted by molar-refractivity contribution is 6.30. The maximum atomic E-state index is 14.5. The molecule has 1 atom stereocenters. The number of hydrogen-bond donors (Lipinski definition) is 0. The molecular formula is C17H10ClFN4O. The van der Waals surface area contributed by atoms with E-state index >= 15 is 0 Å². The topological polar surface area (TPSA) is 60.1 Å². The van der Waals surface area contributed by atoms with E-state index in [2.05, 4.69) is 15.0 Å². The van der Waals surface area contributed by atoms with Crippen molar-refractivity contribution in [3.8, 4) is 5.69 Å². The van der Waals surface area contributed by atoms with Crippen molar-refractivity contribution in [1.82, 2.24) is 14.5 Å². The first kappa shape index (κ1) is 14.7. The summed E-state index contributed by atoms with van der Waals surface area (Å²) >= 11 is 5.85. The second-order valence-corrected chi connectivity index (χ2v) is 5.70. The van der Waals surface area contributed by atoms with Crippen LogP contribution in [0.3, 0.4) is 0 Å². The van der Waals surface area contributed by atoms with Crippen LogP contribution in [0.4, 0.5) is 4.39 Å². The molecule has 0 fully saturated rings. The largest absolute Gasteiger partial charge is 0.291 e. The molecule has 1 aliphatic heterocycles. The highest BCUT2D eigenvalue weighted by Crippen LogP contribution is 2.29. The summed E-state index contributed by atoms with van der Waals surface area (Å²) in [4.78, 5) is 23.7. The third-order valence-corrected chi connectivity index (χ3v) is 3.98. The van der Waals surface area contributed by atoms with Crippen LogP contribution in [0.1, 0.15) is 11.7 Å². The minimum absolute atomic E-state index is 0.309. The van der Waals surface area contributed by atoms with E-state index in [9.17, 15) is 9.18 Å². The van der Waals surface area contributed by atoms with Crippen LogP contribution in [-0.4, -0.2) is 26.7 Å². The smallest absolute Gasteiger partial charge is 0.269 e. The van der Waals surface area contributed by atoms with Crippen LogP contribution < -0.4 is 0 Å². The highest BCUT2D eigenvalue weighted by Gasteiger charge is 2.22. The first-order valence-electron chi connectivity index (χ1n) is 7.17. The molecular weight excluding hydrogens is 331 g/mol. The molecule has 24 heavy (non-hydrogen) atoms. The van der Waals surface area contributed by atoms with Gasteiger partial charge in [0.05, 0.1) is 28.8 Å².